The van der Waals surface area contributed by atoms with Gasteiger partial charge in [0.2, 0.25) is 0 Å². The van der Waals surface area contributed by atoms with Crippen molar-refractivity contribution in [1.82, 2.24) is 0 Å². The summed E-state index contributed by atoms with van der Waals surface area (Å²) in [4.78, 5) is 9.41. The molecule has 3 aromatic rings. The fourth-order valence-electron chi connectivity index (χ4n) is 2.91. The highest BCUT2D eigenvalue weighted by Crippen LogP contribution is 2.29. The Morgan fingerprint density at radius 2 is 2.11 bits per heavy atom. The predicted octanol–water partition coefficient (Wildman–Crippen LogP) is 2.92. The molecular weight excluding hydrogens is 374 g/mol. The number of aliphatic hydroxyl groups excluding tert-OH is 1. The maximum atomic E-state index is 10.4. The van der Waals surface area contributed by atoms with E-state index >= 15 is 0 Å². The standard InChI is InChI=1S/C20H14N5O2S/c21-25-12-14(22-11-19(25)23-20(24-25)16-5-3-9-27-16)7-8-15(26)18-10-13-4-1-2-6-17(13)28-18/h1-6,9-12,15,26H,21H2/q+1. The summed E-state index contributed by atoms with van der Waals surface area (Å²) in [6.45, 7) is 0. The normalized spacial score (nSPS) is 21.4. The first-order chi connectivity index (χ1) is 13.6. The van der Waals surface area contributed by atoms with Crippen LogP contribution in [0.25, 0.3) is 10.1 Å². The molecule has 1 aromatic carbocycles. The van der Waals surface area contributed by atoms with Crippen molar-refractivity contribution in [1.29, 1.82) is 0 Å². The molecule has 2 aliphatic heterocycles. The van der Waals surface area contributed by atoms with Gasteiger partial charge in [-0.1, -0.05) is 24.1 Å². The number of nitrogens with zero attached hydrogens (tertiary/aromatic N) is 4. The summed E-state index contributed by atoms with van der Waals surface area (Å²) >= 11 is 1.52. The zero-order valence-corrected chi connectivity index (χ0v) is 15.3. The lowest BCUT2D eigenvalue weighted by Crippen LogP contribution is -2.50. The van der Waals surface area contributed by atoms with Crippen LogP contribution in [-0.4, -0.2) is 27.7 Å². The van der Waals surface area contributed by atoms with Crippen LogP contribution in [0.3, 0.4) is 0 Å². The van der Waals surface area contributed by atoms with Crippen molar-refractivity contribution in [3.05, 3.63) is 71.3 Å². The molecule has 0 radical (unpaired) electrons. The molecule has 4 heterocycles. The van der Waals surface area contributed by atoms with Gasteiger partial charge in [0.05, 0.1) is 6.26 Å². The molecule has 0 spiro atoms. The third-order valence-electron chi connectivity index (χ3n) is 4.28. The Morgan fingerprint density at radius 3 is 2.93 bits per heavy atom. The van der Waals surface area contributed by atoms with E-state index in [1.807, 2.05) is 30.3 Å². The van der Waals surface area contributed by atoms with Crippen LogP contribution < -0.4 is 5.84 Å². The molecule has 3 N–H and O–H groups in total. The fourth-order valence-corrected chi connectivity index (χ4v) is 3.91. The fraction of sp³-hybridized carbons (Fsp3) is 0.0500. The van der Waals surface area contributed by atoms with E-state index in [0.717, 1.165) is 15.0 Å². The van der Waals surface area contributed by atoms with Crippen molar-refractivity contribution < 1.29 is 14.2 Å². The van der Waals surface area contributed by atoms with Gasteiger partial charge in [-0.05, 0) is 45.4 Å². The molecule has 0 fully saturated rings. The first-order valence-corrected chi connectivity index (χ1v) is 9.28. The minimum absolute atomic E-state index is 0.386. The number of quaternary nitrogens is 1. The maximum absolute atomic E-state index is 10.4. The molecule has 2 aliphatic rings. The zero-order valence-electron chi connectivity index (χ0n) is 14.5. The Morgan fingerprint density at radius 1 is 1.21 bits per heavy atom. The summed E-state index contributed by atoms with van der Waals surface area (Å²) in [6, 6.07) is 13.4. The Labute approximate surface area is 164 Å². The maximum Gasteiger partial charge on any atom is 0.300 e. The van der Waals surface area contributed by atoms with E-state index in [9.17, 15) is 5.11 Å². The smallest absolute Gasteiger partial charge is 0.300 e. The summed E-state index contributed by atoms with van der Waals surface area (Å²) in [7, 11) is 0. The van der Waals surface area contributed by atoms with Crippen molar-refractivity contribution >= 4 is 39.3 Å². The van der Waals surface area contributed by atoms with E-state index in [2.05, 4.69) is 26.9 Å². The predicted molar refractivity (Wildman–Crippen MR) is 108 cm³/mol. The average molecular weight is 388 g/mol. The number of aliphatic hydroxyl groups is 1. The average Bonchev–Trinajstić information content (AvgIpc) is 3.42. The molecule has 28 heavy (non-hydrogen) atoms. The van der Waals surface area contributed by atoms with Crippen LogP contribution >= 0.6 is 11.3 Å². The highest BCUT2D eigenvalue weighted by molar-refractivity contribution is 7.19. The summed E-state index contributed by atoms with van der Waals surface area (Å²) in [5.74, 6) is 13.4. The van der Waals surface area contributed by atoms with Gasteiger partial charge in [0.1, 0.15) is 12.3 Å². The van der Waals surface area contributed by atoms with Gasteiger partial charge in [0, 0.05) is 9.58 Å². The molecule has 8 heteroatoms. The Bertz CT molecular complexity index is 1220. The van der Waals surface area contributed by atoms with Crippen LogP contribution in [0.4, 0.5) is 0 Å². The van der Waals surface area contributed by atoms with Crippen LogP contribution in [0.1, 0.15) is 16.7 Å². The van der Waals surface area contributed by atoms with Crippen molar-refractivity contribution in [2.75, 3.05) is 0 Å². The monoisotopic (exact) mass is 388 g/mol. The van der Waals surface area contributed by atoms with Crippen LogP contribution in [0.5, 0.6) is 0 Å². The molecule has 5 rings (SSSR count). The topological polar surface area (TPSA) is 96.5 Å². The highest BCUT2D eigenvalue weighted by atomic mass is 32.1. The summed E-state index contributed by atoms with van der Waals surface area (Å²) in [5.41, 5.74) is 0.408. The number of furan rings is 1. The van der Waals surface area contributed by atoms with E-state index in [1.54, 1.807) is 24.6 Å². The molecular formula is C20H14N5O2S+. The van der Waals surface area contributed by atoms with Crippen LogP contribution in [0.2, 0.25) is 0 Å². The number of nitrogens with two attached hydrogens (primary N) is 1. The van der Waals surface area contributed by atoms with Gasteiger partial charge in [-0.2, -0.15) is 4.99 Å². The number of thiophene rings is 1. The second-order valence-electron chi connectivity index (χ2n) is 6.24. The van der Waals surface area contributed by atoms with Gasteiger partial charge >= 0.3 is 0 Å². The van der Waals surface area contributed by atoms with Gasteiger partial charge in [-0.25, -0.2) is 4.99 Å². The van der Waals surface area contributed by atoms with Gasteiger partial charge < -0.3 is 9.52 Å². The summed E-state index contributed by atoms with van der Waals surface area (Å²) < 4.78 is 6.04. The number of rotatable bonds is 2. The minimum atomic E-state index is -0.907. The first-order valence-electron chi connectivity index (χ1n) is 8.46. The third-order valence-corrected chi connectivity index (χ3v) is 5.45. The van der Waals surface area contributed by atoms with Crippen LogP contribution in [-0.2, 0) is 0 Å². The second-order valence-corrected chi connectivity index (χ2v) is 7.36. The van der Waals surface area contributed by atoms with E-state index in [4.69, 9.17) is 10.3 Å². The number of hydrogen-bond donors (Lipinski definition) is 2. The lowest BCUT2D eigenvalue weighted by atomic mass is 10.2. The Balaban J connectivity index is 1.41. The summed E-state index contributed by atoms with van der Waals surface area (Å²) in [5, 5.41) is 15.9. The van der Waals surface area contributed by atoms with Crippen LogP contribution in [0, 0.1) is 11.8 Å². The van der Waals surface area contributed by atoms with Gasteiger partial charge in [0.25, 0.3) is 11.7 Å². The number of hydrogen-bond acceptors (Lipinski definition) is 7. The van der Waals surface area contributed by atoms with E-state index < -0.39 is 6.10 Å². The van der Waals surface area contributed by atoms with E-state index in [1.165, 1.54) is 17.6 Å². The molecule has 0 amide bonds. The van der Waals surface area contributed by atoms with Crippen LogP contribution in [0.15, 0.2) is 80.1 Å². The molecule has 0 bridgehead atoms. The molecule has 0 aliphatic carbocycles. The molecule has 2 atom stereocenters. The quantitative estimate of drug-likeness (QED) is 0.401. The second kappa shape index (κ2) is 6.37. The SMILES string of the molecule is N[N+]12C=C(C#CC(O)c3cc4ccccc4s3)N=CC1=NC(c1ccco1)=N2. The Hall–Kier alpha value is -3.35. The van der Waals surface area contributed by atoms with Crippen molar-refractivity contribution in [3.8, 4) is 11.8 Å². The minimum Gasteiger partial charge on any atom is -0.461 e. The number of fused-ring (bicyclic) bond motifs is 2. The number of allylic oxidation sites excluding steroid dienone is 1. The third kappa shape index (κ3) is 2.89. The Kier molecular flexibility index (Phi) is 3.82. The zero-order chi connectivity index (χ0) is 19.1. The van der Waals surface area contributed by atoms with E-state index in [-0.39, 0.29) is 4.70 Å². The van der Waals surface area contributed by atoms with E-state index in [0.29, 0.717) is 23.1 Å². The molecule has 7 nitrogen and oxygen atoms in total. The lowest BCUT2D eigenvalue weighted by Gasteiger charge is -2.17. The number of benzene rings is 1. The highest BCUT2D eigenvalue weighted by Gasteiger charge is 2.39. The van der Waals surface area contributed by atoms with Gasteiger partial charge in [-0.15, -0.1) is 17.2 Å². The van der Waals surface area contributed by atoms with Crippen molar-refractivity contribution in [2.24, 2.45) is 20.9 Å². The largest absolute Gasteiger partial charge is 0.461 e. The lowest BCUT2D eigenvalue weighted by molar-refractivity contribution is -0.803. The summed E-state index contributed by atoms with van der Waals surface area (Å²) in [6.07, 6.45) is 3.75. The molecule has 136 valence electrons. The molecule has 2 aromatic heterocycles. The van der Waals surface area contributed by atoms with Gasteiger partial charge in [-0.3, -0.25) is 0 Å². The molecule has 0 saturated carbocycles. The number of aliphatic imine (C=N–C) groups is 2. The molecule has 2 unspecified atom stereocenters. The van der Waals surface area contributed by atoms with Crippen molar-refractivity contribution in [2.45, 2.75) is 6.10 Å². The first kappa shape index (κ1) is 16.8. The van der Waals surface area contributed by atoms with Crippen molar-refractivity contribution in [3.63, 3.8) is 0 Å². The molecule has 0 saturated heterocycles. The number of amidine groups is 2. The van der Waals surface area contributed by atoms with Gasteiger partial charge in [0.15, 0.2) is 17.7 Å².